The summed E-state index contributed by atoms with van der Waals surface area (Å²) >= 11 is 1.86. The van der Waals surface area contributed by atoms with Crippen LogP contribution in [-0.2, 0) is 5.75 Å². The Morgan fingerprint density at radius 2 is 2.29 bits per heavy atom. The van der Waals surface area contributed by atoms with E-state index in [0.29, 0.717) is 0 Å². The van der Waals surface area contributed by atoms with Crippen LogP contribution in [0.25, 0.3) is 29.4 Å². The molecule has 0 saturated heterocycles. The molecule has 0 aliphatic carbocycles. The van der Waals surface area contributed by atoms with Gasteiger partial charge >= 0.3 is 0 Å². The van der Waals surface area contributed by atoms with Crippen LogP contribution in [0, 0.1) is 0 Å². The van der Waals surface area contributed by atoms with Crippen LogP contribution in [0.5, 0.6) is 0 Å². The Labute approximate surface area is 103 Å². The van der Waals surface area contributed by atoms with E-state index in [4.69, 9.17) is 0 Å². The lowest BCUT2D eigenvalue weighted by Gasteiger charge is -2.02. The van der Waals surface area contributed by atoms with Crippen molar-refractivity contribution in [2.24, 2.45) is 0 Å². The third kappa shape index (κ3) is 1.23. The molecule has 2 aromatic rings. The molecule has 0 unspecified atom stereocenters. The maximum atomic E-state index is 3.30. The fraction of sp³-hybridized carbons (Fsp3) is 0.143. The molecule has 0 radical (unpaired) electrons. The lowest BCUT2D eigenvalue weighted by Crippen LogP contribution is -2.34. The van der Waals surface area contributed by atoms with E-state index in [9.17, 15) is 0 Å². The molecule has 3 heteroatoms. The lowest BCUT2D eigenvalue weighted by molar-refractivity contribution is 1.02. The van der Waals surface area contributed by atoms with Gasteiger partial charge in [-0.15, -0.1) is 11.8 Å². The second kappa shape index (κ2) is 3.44. The summed E-state index contributed by atoms with van der Waals surface area (Å²) in [4.78, 5) is 0. The third-order valence-electron chi connectivity index (χ3n) is 3.39. The van der Waals surface area contributed by atoms with Gasteiger partial charge in [0.15, 0.2) is 0 Å². The van der Waals surface area contributed by atoms with Crippen molar-refractivity contribution >= 4 is 41.1 Å². The standard InChI is InChI=1S/C14H12N2S/c1-2-10-9-17-7-6-16-13-4-5-15-8-12(13)11(3-1)14(10)16/h1-4,6-8,15H,5,9H2. The average molecular weight is 240 g/mol. The zero-order valence-electron chi connectivity index (χ0n) is 9.31. The van der Waals surface area contributed by atoms with Gasteiger partial charge in [-0.3, -0.25) is 0 Å². The summed E-state index contributed by atoms with van der Waals surface area (Å²) in [5, 5.41) is 9.50. The van der Waals surface area contributed by atoms with E-state index in [1.54, 1.807) is 0 Å². The average Bonchev–Trinajstić information content (AvgIpc) is 2.56. The van der Waals surface area contributed by atoms with Crippen molar-refractivity contribution in [1.29, 1.82) is 0 Å². The van der Waals surface area contributed by atoms with Gasteiger partial charge in [0.2, 0.25) is 0 Å². The number of hydrogen-bond acceptors (Lipinski definition) is 2. The van der Waals surface area contributed by atoms with Crippen molar-refractivity contribution in [3.8, 4) is 0 Å². The van der Waals surface area contributed by atoms with Crippen LogP contribution in [0.1, 0.15) is 5.56 Å². The molecule has 1 N–H and O–H groups in total. The molecular formula is C14H12N2S. The summed E-state index contributed by atoms with van der Waals surface area (Å²) in [5.74, 6) is 1.06. The van der Waals surface area contributed by atoms with E-state index in [1.807, 2.05) is 11.8 Å². The molecule has 2 aliphatic heterocycles. The van der Waals surface area contributed by atoms with Crippen LogP contribution in [0.2, 0.25) is 0 Å². The smallest absolute Gasteiger partial charge is 0.0576 e. The van der Waals surface area contributed by atoms with Gasteiger partial charge in [-0.25, -0.2) is 0 Å². The van der Waals surface area contributed by atoms with Crippen molar-refractivity contribution in [3.63, 3.8) is 0 Å². The van der Waals surface area contributed by atoms with Crippen LogP contribution in [0.15, 0.2) is 23.6 Å². The van der Waals surface area contributed by atoms with Crippen LogP contribution in [0.3, 0.4) is 0 Å². The number of benzene rings is 1. The molecule has 0 fully saturated rings. The zero-order chi connectivity index (χ0) is 11.2. The Balaban J connectivity index is 2.34. The number of nitrogens with one attached hydrogen (secondary N) is 1. The van der Waals surface area contributed by atoms with E-state index in [-0.39, 0.29) is 0 Å². The van der Waals surface area contributed by atoms with Gasteiger partial charge in [-0.1, -0.05) is 18.2 Å². The molecule has 84 valence electrons. The number of hydrogen-bond donors (Lipinski definition) is 1. The second-order valence-corrected chi connectivity index (χ2v) is 5.23. The van der Waals surface area contributed by atoms with Crippen LogP contribution >= 0.6 is 11.8 Å². The summed E-state index contributed by atoms with van der Waals surface area (Å²) in [6, 6.07) is 6.61. The fourth-order valence-corrected chi connectivity index (χ4v) is 3.39. The molecule has 4 rings (SSSR count). The van der Waals surface area contributed by atoms with Crippen LogP contribution < -0.4 is 15.9 Å². The molecule has 0 saturated carbocycles. The van der Waals surface area contributed by atoms with Gasteiger partial charge in [0.1, 0.15) is 0 Å². The van der Waals surface area contributed by atoms with E-state index in [1.165, 1.54) is 27.0 Å². The summed E-state index contributed by atoms with van der Waals surface area (Å²) < 4.78 is 2.33. The minimum atomic E-state index is 0.916. The molecular weight excluding hydrogens is 228 g/mol. The predicted molar refractivity (Wildman–Crippen MR) is 74.7 cm³/mol. The molecule has 1 aromatic heterocycles. The minimum absolute atomic E-state index is 0.916. The van der Waals surface area contributed by atoms with Gasteiger partial charge in [-0.05, 0) is 17.0 Å². The number of thioether (sulfide) groups is 1. The van der Waals surface area contributed by atoms with Crippen molar-refractivity contribution in [1.82, 2.24) is 9.88 Å². The predicted octanol–water partition coefficient (Wildman–Crippen LogP) is 1.44. The zero-order valence-corrected chi connectivity index (χ0v) is 10.1. The lowest BCUT2D eigenvalue weighted by atomic mass is 10.1. The first-order valence-electron chi connectivity index (χ1n) is 5.79. The molecule has 0 spiro atoms. The number of para-hydroxylation sites is 1. The summed E-state index contributed by atoms with van der Waals surface area (Å²) in [6.45, 7) is 0.916. The monoisotopic (exact) mass is 240 g/mol. The molecule has 0 amide bonds. The van der Waals surface area contributed by atoms with Gasteiger partial charge in [0.25, 0.3) is 0 Å². The number of fused-ring (bicyclic) bond motifs is 3. The Kier molecular flexibility index (Phi) is 1.91. The van der Waals surface area contributed by atoms with Crippen molar-refractivity contribution in [2.75, 3.05) is 6.54 Å². The van der Waals surface area contributed by atoms with E-state index in [2.05, 4.69) is 52.0 Å². The summed E-state index contributed by atoms with van der Waals surface area (Å²) in [5.41, 5.74) is 2.80. The summed E-state index contributed by atoms with van der Waals surface area (Å²) in [7, 11) is 0. The van der Waals surface area contributed by atoms with Crippen LogP contribution in [-0.4, -0.2) is 11.1 Å². The highest BCUT2D eigenvalue weighted by molar-refractivity contribution is 8.01. The SMILES string of the molecule is C1=Cn2c3c(c4cccc(c42)CS1)=CNCC=3. The molecule has 17 heavy (non-hydrogen) atoms. The second-order valence-electron chi connectivity index (χ2n) is 4.34. The van der Waals surface area contributed by atoms with Gasteiger partial charge < -0.3 is 9.88 Å². The minimum Gasteiger partial charge on any atom is -0.387 e. The van der Waals surface area contributed by atoms with Crippen molar-refractivity contribution in [3.05, 3.63) is 39.7 Å². The molecule has 1 aromatic carbocycles. The number of aromatic nitrogens is 1. The van der Waals surface area contributed by atoms with E-state index in [0.717, 1.165) is 12.3 Å². The number of rotatable bonds is 0. The fourth-order valence-electron chi connectivity index (χ4n) is 2.67. The molecule has 3 heterocycles. The maximum Gasteiger partial charge on any atom is 0.0576 e. The quantitative estimate of drug-likeness (QED) is 0.750. The first-order valence-corrected chi connectivity index (χ1v) is 6.84. The third-order valence-corrected chi connectivity index (χ3v) is 4.18. The van der Waals surface area contributed by atoms with Gasteiger partial charge in [0, 0.05) is 35.3 Å². The molecule has 2 nitrogen and oxygen atoms in total. The highest BCUT2D eigenvalue weighted by atomic mass is 32.2. The highest BCUT2D eigenvalue weighted by Gasteiger charge is 2.12. The molecule has 2 aliphatic rings. The van der Waals surface area contributed by atoms with E-state index < -0.39 is 0 Å². The largest absolute Gasteiger partial charge is 0.387 e. The Bertz CT molecular complexity index is 753. The van der Waals surface area contributed by atoms with Gasteiger partial charge in [-0.2, -0.15) is 0 Å². The Morgan fingerprint density at radius 1 is 1.29 bits per heavy atom. The van der Waals surface area contributed by atoms with Crippen LogP contribution in [0.4, 0.5) is 0 Å². The Hall–Kier alpha value is -1.61. The molecule has 0 bridgehead atoms. The normalized spacial score (nSPS) is 16.7. The van der Waals surface area contributed by atoms with E-state index >= 15 is 0 Å². The number of nitrogens with zero attached hydrogens (tertiary/aromatic N) is 1. The van der Waals surface area contributed by atoms with Gasteiger partial charge in [0.05, 0.1) is 10.9 Å². The van der Waals surface area contributed by atoms with Crippen molar-refractivity contribution in [2.45, 2.75) is 5.75 Å². The highest BCUT2D eigenvalue weighted by Crippen LogP contribution is 2.24. The first-order chi connectivity index (χ1) is 8.45. The van der Waals surface area contributed by atoms with Crippen molar-refractivity contribution < 1.29 is 0 Å². The molecule has 0 atom stereocenters. The first kappa shape index (κ1) is 9.42. The summed E-state index contributed by atoms with van der Waals surface area (Å²) in [6.07, 6.45) is 6.60. The maximum absolute atomic E-state index is 3.30. The topological polar surface area (TPSA) is 17.0 Å². The Morgan fingerprint density at radius 3 is 3.29 bits per heavy atom.